The van der Waals surface area contributed by atoms with E-state index in [-0.39, 0.29) is 5.92 Å². The third-order valence-corrected chi connectivity index (χ3v) is 8.55. The summed E-state index contributed by atoms with van der Waals surface area (Å²) in [4.78, 5) is 0. The van der Waals surface area contributed by atoms with Gasteiger partial charge in [-0.05, 0) is 85.3 Å². The summed E-state index contributed by atoms with van der Waals surface area (Å²) in [6, 6.07) is 2.07. The fourth-order valence-corrected chi connectivity index (χ4v) is 6.67. The summed E-state index contributed by atoms with van der Waals surface area (Å²) in [6.45, 7) is 2.36. The van der Waals surface area contributed by atoms with E-state index >= 15 is 0 Å². The molecule has 0 N–H and O–H groups in total. The van der Waals surface area contributed by atoms with Crippen LogP contribution in [-0.4, -0.2) is 6.36 Å². The van der Waals surface area contributed by atoms with Crippen molar-refractivity contribution in [2.24, 2.45) is 29.6 Å². The number of alkyl halides is 3. The van der Waals surface area contributed by atoms with Crippen LogP contribution >= 0.6 is 0 Å². The molecule has 0 radical (unpaired) electrons. The van der Waals surface area contributed by atoms with E-state index in [1.165, 1.54) is 51.4 Å². The average Bonchev–Trinajstić information content (AvgIpc) is 2.74. The SMILES string of the molecule is CC1CCC(CCC2CCC3CC(c4cc(F)c(OC(F)(F)F)c(F)c4)CCC3C2)CC1. The van der Waals surface area contributed by atoms with Crippen LogP contribution in [0.5, 0.6) is 5.75 Å². The Morgan fingerprint density at radius 3 is 2.00 bits per heavy atom. The first-order valence-corrected chi connectivity index (χ1v) is 12.4. The molecule has 1 nitrogen and oxygen atoms in total. The summed E-state index contributed by atoms with van der Waals surface area (Å²) < 4.78 is 69.1. The summed E-state index contributed by atoms with van der Waals surface area (Å²) in [6.07, 6.45) is 9.54. The number of hydrogen-bond acceptors (Lipinski definition) is 1. The lowest BCUT2D eigenvalue weighted by molar-refractivity contribution is -0.276. The number of ether oxygens (including phenoxy) is 1. The van der Waals surface area contributed by atoms with Crippen LogP contribution in [-0.2, 0) is 0 Å². The molecule has 0 bridgehead atoms. The second kappa shape index (κ2) is 9.89. The van der Waals surface area contributed by atoms with E-state index in [0.29, 0.717) is 17.4 Å². The molecule has 4 atom stereocenters. The minimum absolute atomic E-state index is 0.000894. The Kier molecular flexibility index (Phi) is 7.36. The molecule has 180 valence electrons. The summed E-state index contributed by atoms with van der Waals surface area (Å²) >= 11 is 0. The third kappa shape index (κ3) is 5.96. The molecule has 0 aromatic heterocycles. The maximum atomic E-state index is 14.2. The smallest absolute Gasteiger partial charge is 0.399 e. The molecule has 0 aliphatic heterocycles. The van der Waals surface area contributed by atoms with E-state index in [4.69, 9.17) is 0 Å². The Bertz CT molecular complexity index is 745. The van der Waals surface area contributed by atoms with Crippen molar-refractivity contribution in [2.75, 3.05) is 0 Å². The van der Waals surface area contributed by atoms with Gasteiger partial charge in [0.25, 0.3) is 0 Å². The molecule has 3 aliphatic carbocycles. The van der Waals surface area contributed by atoms with Crippen LogP contribution < -0.4 is 4.74 Å². The fraction of sp³-hybridized carbons (Fsp3) is 0.769. The lowest BCUT2D eigenvalue weighted by atomic mass is 9.63. The quantitative estimate of drug-likeness (QED) is 0.401. The van der Waals surface area contributed by atoms with Crippen molar-refractivity contribution in [1.29, 1.82) is 0 Å². The van der Waals surface area contributed by atoms with E-state index in [1.54, 1.807) is 0 Å². The van der Waals surface area contributed by atoms with E-state index in [1.807, 2.05) is 0 Å². The number of rotatable bonds is 5. The van der Waals surface area contributed by atoms with Crippen LogP contribution in [0.3, 0.4) is 0 Å². The maximum Gasteiger partial charge on any atom is 0.573 e. The highest BCUT2D eigenvalue weighted by Gasteiger charge is 2.38. The van der Waals surface area contributed by atoms with Crippen molar-refractivity contribution < 1.29 is 26.7 Å². The second-order valence-electron chi connectivity index (χ2n) is 10.8. The Labute approximate surface area is 188 Å². The molecule has 1 aromatic rings. The van der Waals surface area contributed by atoms with Crippen molar-refractivity contribution >= 4 is 0 Å². The molecule has 0 saturated heterocycles. The maximum absolute atomic E-state index is 14.2. The van der Waals surface area contributed by atoms with Crippen LogP contribution in [0, 0.1) is 41.2 Å². The molecule has 3 fully saturated rings. The van der Waals surface area contributed by atoms with Crippen LogP contribution in [0.2, 0.25) is 0 Å². The van der Waals surface area contributed by atoms with Gasteiger partial charge in [-0.25, -0.2) is 8.78 Å². The molecule has 0 spiro atoms. The molecule has 32 heavy (non-hydrogen) atoms. The van der Waals surface area contributed by atoms with Crippen molar-refractivity contribution in [2.45, 2.75) is 96.3 Å². The van der Waals surface area contributed by atoms with Gasteiger partial charge in [-0.1, -0.05) is 51.9 Å². The largest absolute Gasteiger partial charge is 0.573 e. The summed E-state index contributed by atoms with van der Waals surface area (Å²) in [5.41, 5.74) is 0.460. The highest BCUT2D eigenvalue weighted by atomic mass is 19.4. The van der Waals surface area contributed by atoms with Gasteiger partial charge < -0.3 is 4.74 Å². The van der Waals surface area contributed by atoms with Gasteiger partial charge in [0.2, 0.25) is 5.75 Å². The van der Waals surface area contributed by atoms with Gasteiger partial charge >= 0.3 is 6.36 Å². The van der Waals surface area contributed by atoms with E-state index in [0.717, 1.165) is 55.6 Å². The molecule has 0 amide bonds. The molecule has 4 unspecified atom stereocenters. The minimum atomic E-state index is -5.12. The molecule has 4 rings (SSSR count). The Hall–Kier alpha value is -1.33. The number of fused-ring (bicyclic) bond motifs is 1. The zero-order valence-electron chi connectivity index (χ0n) is 18.9. The van der Waals surface area contributed by atoms with Gasteiger partial charge in [0, 0.05) is 0 Å². The van der Waals surface area contributed by atoms with Crippen molar-refractivity contribution in [3.05, 3.63) is 29.3 Å². The first-order valence-electron chi connectivity index (χ1n) is 12.4. The Balaban J connectivity index is 1.30. The Morgan fingerprint density at radius 1 is 0.781 bits per heavy atom. The predicted octanol–water partition coefficient (Wildman–Crippen LogP) is 8.77. The van der Waals surface area contributed by atoms with Crippen LogP contribution in [0.4, 0.5) is 22.0 Å². The zero-order chi connectivity index (χ0) is 22.9. The molecule has 1 aromatic carbocycles. The molecular weight excluding hydrogens is 423 g/mol. The minimum Gasteiger partial charge on any atom is -0.399 e. The number of benzene rings is 1. The van der Waals surface area contributed by atoms with Gasteiger partial charge in [-0.2, -0.15) is 0 Å². The topological polar surface area (TPSA) is 9.23 Å². The molecule has 3 aliphatic rings. The van der Waals surface area contributed by atoms with Gasteiger partial charge in [-0.15, -0.1) is 13.2 Å². The normalized spacial score (nSPS) is 33.6. The number of hydrogen-bond donors (Lipinski definition) is 0. The summed E-state index contributed by atoms with van der Waals surface area (Å²) in [5.74, 6) is -0.0669. The lowest BCUT2D eigenvalue weighted by Gasteiger charge is -2.42. The van der Waals surface area contributed by atoms with Crippen molar-refractivity contribution in [3.8, 4) is 5.75 Å². The fourth-order valence-electron chi connectivity index (χ4n) is 6.67. The van der Waals surface area contributed by atoms with E-state index in [2.05, 4.69) is 11.7 Å². The van der Waals surface area contributed by atoms with Crippen LogP contribution in [0.1, 0.15) is 95.5 Å². The highest BCUT2D eigenvalue weighted by Crippen LogP contribution is 2.49. The van der Waals surface area contributed by atoms with Gasteiger partial charge in [-0.3, -0.25) is 0 Å². The third-order valence-electron chi connectivity index (χ3n) is 8.55. The standard InChI is InChI=1S/C26H35F5O/c1-16-2-4-17(5-3-16)6-7-18-8-9-20-13-21(11-10-19(20)12-18)22-14-23(27)25(24(28)15-22)32-26(29,30)31/h14-21H,2-13H2,1H3. The zero-order valence-corrected chi connectivity index (χ0v) is 18.9. The van der Waals surface area contributed by atoms with Gasteiger partial charge in [0.15, 0.2) is 11.6 Å². The van der Waals surface area contributed by atoms with Gasteiger partial charge in [0.1, 0.15) is 0 Å². The summed E-state index contributed by atoms with van der Waals surface area (Å²) in [5, 5.41) is 0. The van der Waals surface area contributed by atoms with Crippen LogP contribution in [0.15, 0.2) is 12.1 Å². The molecule has 0 heterocycles. The van der Waals surface area contributed by atoms with Crippen molar-refractivity contribution in [1.82, 2.24) is 0 Å². The molecule has 3 saturated carbocycles. The number of halogens is 5. The second-order valence-corrected chi connectivity index (χ2v) is 10.8. The predicted molar refractivity (Wildman–Crippen MR) is 114 cm³/mol. The lowest BCUT2D eigenvalue weighted by Crippen LogP contribution is -2.31. The van der Waals surface area contributed by atoms with Crippen molar-refractivity contribution in [3.63, 3.8) is 0 Å². The first-order chi connectivity index (χ1) is 15.2. The van der Waals surface area contributed by atoms with E-state index in [9.17, 15) is 22.0 Å². The first kappa shape index (κ1) is 23.8. The Morgan fingerprint density at radius 2 is 1.34 bits per heavy atom. The highest BCUT2D eigenvalue weighted by molar-refractivity contribution is 5.33. The average molecular weight is 459 g/mol. The van der Waals surface area contributed by atoms with E-state index < -0.39 is 23.7 Å². The molecular formula is C26H35F5O. The van der Waals surface area contributed by atoms with Crippen LogP contribution in [0.25, 0.3) is 0 Å². The summed E-state index contributed by atoms with van der Waals surface area (Å²) in [7, 11) is 0. The monoisotopic (exact) mass is 458 g/mol. The van der Waals surface area contributed by atoms with Gasteiger partial charge in [0.05, 0.1) is 0 Å². The molecule has 6 heteroatoms.